The zero-order valence-corrected chi connectivity index (χ0v) is 15.5. The van der Waals surface area contributed by atoms with Crippen molar-refractivity contribution in [3.63, 3.8) is 0 Å². The predicted molar refractivity (Wildman–Crippen MR) is 93.8 cm³/mol. The van der Waals surface area contributed by atoms with Gasteiger partial charge in [0, 0.05) is 13.0 Å². The molecule has 0 aliphatic carbocycles. The van der Waals surface area contributed by atoms with Gasteiger partial charge in [-0.3, -0.25) is 9.59 Å². The summed E-state index contributed by atoms with van der Waals surface area (Å²) in [5.74, 6) is -3.39. The van der Waals surface area contributed by atoms with Crippen LogP contribution in [0.3, 0.4) is 0 Å². The summed E-state index contributed by atoms with van der Waals surface area (Å²) in [7, 11) is 1.22. The van der Waals surface area contributed by atoms with Gasteiger partial charge >= 0.3 is 6.09 Å². The molecule has 0 saturated carbocycles. The summed E-state index contributed by atoms with van der Waals surface area (Å²) in [6, 6.07) is 3.86. The number of para-hydroxylation sites is 1. The number of benzene rings is 1. The normalized spacial score (nSPS) is 14.9. The molecule has 1 heterocycles. The molecule has 0 saturated heterocycles. The molecule has 27 heavy (non-hydrogen) atoms. The van der Waals surface area contributed by atoms with Gasteiger partial charge in [0.25, 0.3) is 11.8 Å². The van der Waals surface area contributed by atoms with Crippen molar-refractivity contribution in [3.05, 3.63) is 35.3 Å². The zero-order chi connectivity index (χ0) is 20.4. The van der Waals surface area contributed by atoms with Crippen LogP contribution in [0.25, 0.3) is 0 Å². The van der Waals surface area contributed by atoms with E-state index in [1.165, 1.54) is 19.2 Å². The smallest absolute Gasteiger partial charge is 0.417 e. The van der Waals surface area contributed by atoms with Gasteiger partial charge in [-0.2, -0.15) is 0 Å². The maximum atomic E-state index is 13.7. The molecule has 2 N–H and O–H groups in total. The molecule has 8 nitrogen and oxygen atoms in total. The quantitative estimate of drug-likeness (QED) is 0.781. The highest BCUT2D eigenvalue weighted by molar-refractivity contribution is 6.25. The number of rotatable bonds is 3. The van der Waals surface area contributed by atoms with Crippen molar-refractivity contribution in [2.24, 2.45) is 0 Å². The lowest BCUT2D eigenvalue weighted by atomic mass is 10.1. The molecule has 0 fully saturated rings. The topological polar surface area (TPSA) is 105 Å². The Morgan fingerprint density at radius 3 is 2.56 bits per heavy atom. The Hall–Kier alpha value is -3.10. The second-order valence-electron chi connectivity index (χ2n) is 6.78. The molecule has 0 unspecified atom stereocenters. The molecule has 1 aromatic carbocycles. The number of hydrogen-bond donors (Lipinski definition) is 2. The van der Waals surface area contributed by atoms with Gasteiger partial charge in [0.15, 0.2) is 11.6 Å². The molecule has 1 aromatic rings. The zero-order valence-electron chi connectivity index (χ0n) is 15.5. The molecular weight excluding hydrogens is 359 g/mol. The Bertz CT molecular complexity index is 813. The lowest BCUT2D eigenvalue weighted by molar-refractivity contribution is -0.129. The Kier molecular flexibility index (Phi) is 5.72. The van der Waals surface area contributed by atoms with Crippen LogP contribution in [-0.4, -0.2) is 47.2 Å². The first-order chi connectivity index (χ1) is 12.5. The van der Waals surface area contributed by atoms with Gasteiger partial charge < -0.3 is 19.9 Å². The van der Waals surface area contributed by atoms with Gasteiger partial charge in [-0.05, 0) is 32.9 Å². The Labute approximate surface area is 155 Å². The van der Waals surface area contributed by atoms with Crippen molar-refractivity contribution in [1.29, 1.82) is 0 Å². The first kappa shape index (κ1) is 20.2. The predicted octanol–water partition coefficient (Wildman–Crippen LogP) is 2.75. The summed E-state index contributed by atoms with van der Waals surface area (Å²) in [5, 5.41) is 12.3. The molecule has 9 heteroatoms. The first-order valence-electron chi connectivity index (χ1n) is 8.16. The SMILES string of the molecule is COc1c(F)cccc1NC(=O)C1=C(O)CCN(C(=O)OC(C)(C)C)C1=O. The van der Waals surface area contributed by atoms with Gasteiger partial charge in [0.1, 0.15) is 16.9 Å². The number of anilines is 1. The number of aliphatic hydroxyl groups is 1. The van der Waals surface area contributed by atoms with Crippen molar-refractivity contribution < 1.29 is 33.4 Å². The van der Waals surface area contributed by atoms with E-state index in [0.29, 0.717) is 0 Å². The number of methoxy groups -OCH3 is 1. The summed E-state index contributed by atoms with van der Waals surface area (Å²) in [5.41, 5.74) is -1.47. The highest BCUT2D eigenvalue weighted by atomic mass is 19.1. The van der Waals surface area contributed by atoms with E-state index in [1.54, 1.807) is 20.8 Å². The number of imide groups is 1. The van der Waals surface area contributed by atoms with Crippen LogP contribution in [0.5, 0.6) is 5.75 Å². The number of nitrogens with one attached hydrogen (secondary N) is 1. The summed E-state index contributed by atoms with van der Waals surface area (Å²) < 4.78 is 23.8. The van der Waals surface area contributed by atoms with Crippen LogP contribution in [-0.2, 0) is 14.3 Å². The highest BCUT2D eigenvalue weighted by Gasteiger charge is 2.37. The minimum Gasteiger partial charge on any atom is -0.511 e. The highest BCUT2D eigenvalue weighted by Crippen LogP contribution is 2.29. The van der Waals surface area contributed by atoms with Crippen LogP contribution in [0.1, 0.15) is 27.2 Å². The van der Waals surface area contributed by atoms with Crippen molar-refractivity contribution in [1.82, 2.24) is 4.90 Å². The fourth-order valence-electron chi connectivity index (χ4n) is 2.42. The Balaban J connectivity index is 2.26. The third kappa shape index (κ3) is 4.55. The van der Waals surface area contributed by atoms with E-state index in [2.05, 4.69) is 5.32 Å². The molecule has 2 rings (SSSR count). The number of halogens is 1. The second-order valence-corrected chi connectivity index (χ2v) is 6.78. The van der Waals surface area contributed by atoms with Gasteiger partial charge in [-0.15, -0.1) is 0 Å². The average Bonchev–Trinajstić information content (AvgIpc) is 2.53. The van der Waals surface area contributed by atoms with E-state index < -0.39 is 40.7 Å². The van der Waals surface area contributed by atoms with Crippen molar-refractivity contribution in [2.45, 2.75) is 32.8 Å². The van der Waals surface area contributed by atoms with Crippen LogP contribution in [0, 0.1) is 5.82 Å². The number of nitrogens with zero attached hydrogens (tertiary/aromatic N) is 1. The number of ether oxygens (including phenoxy) is 2. The second kappa shape index (κ2) is 7.65. The third-order valence-corrected chi connectivity index (χ3v) is 3.58. The number of hydrogen-bond acceptors (Lipinski definition) is 6. The van der Waals surface area contributed by atoms with Crippen LogP contribution in [0.4, 0.5) is 14.9 Å². The van der Waals surface area contributed by atoms with Crippen LogP contribution < -0.4 is 10.1 Å². The monoisotopic (exact) mass is 380 g/mol. The molecule has 0 atom stereocenters. The lowest BCUT2D eigenvalue weighted by Gasteiger charge is -2.29. The minimum absolute atomic E-state index is 0.0232. The summed E-state index contributed by atoms with van der Waals surface area (Å²) >= 11 is 0. The molecule has 146 valence electrons. The molecule has 0 aromatic heterocycles. The Morgan fingerprint density at radius 2 is 1.96 bits per heavy atom. The van der Waals surface area contributed by atoms with E-state index >= 15 is 0 Å². The average molecular weight is 380 g/mol. The van der Waals surface area contributed by atoms with Crippen LogP contribution >= 0.6 is 0 Å². The van der Waals surface area contributed by atoms with Crippen molar-refractivity contribution in [2.75, 3.05) is 19.0 Å². The number of amides is 3. The fraction of sp³-hybridized carbons (Fsp3) is 0.389. The van der Waals surface area contributed by atoms with Crippen LogP contribution in [0.15, 0.2) is 29.5 Å². The Morgan fingerprint density at radius 1 is 1.30 bits per heavy atom. The number of aliphatic hydroxyl groups excluding tert-OH is 1. The van der Waals surface area contributed by atoms with Gasteiger partial charge in [-0.1, -0.05) is 6.07 Å². The van der Waals surface area contributed by atoms with E-state index in [9.17, 15) is 23.9 Å². The standard InChI is InChI=1S/C18H21FN2O6/c1-18(2,3)27-17(25)21-9-8-12(22)13(16(21)24)15(23)20-11-7-5-6-10(19)14(11)26-4/h5-7,22H,8-9H2,1-4H3,(H,20,23). The van der Waals surface area contributed by atoms with Gasteiger partial charge in [-0.25, -0.2) is 14.1 Å². The van der Waals surface area contributed by atoms with E-state index in [4.69, 9.17) is 9.47 Å². The van der Waals surface area contributed by atoms with Gasteiger partial charge in [0.2, 0.25) is 0 Å². The number of carbonyl (C=O) groups excluding carboxylic acids is 3. The van der Waals surface area contributed by atoms with E-state index in [0.717, 1.165) is 11.0 Å². The minimum atomic E-state index is -0.999. The first-order valence-corrected chi connectivity index (χ1v) is 8.16. The van der Waals surface area contributed by atoms with Crippen molar-refractivity contribution >= 4 is 23.6 Å². The molecule has 0 radical (unpaired) electrons. The molecule has 1 aliphatic rings. The molecular formula is C18H21FN2O6. The number of carbonyl (C=O) groups is 3. The lowest BCUT2D eigenvalue weighted by Crippen LogP contribution is -2.46. The summed E-state index contributed by atoms with van der Waals surface area (Å²) in [6.45, 7) is 4.78. The maximum absolute atomic E-state index is 13.7. The molecule has 0 bridgehead atoms. The molecule has 1 aliphatic heterocycles. The summed E-state index contributed by atoms with van der Waals surface area (Å²) in [4.78, 5) is 38.0. The van der Waals surface area contributed by atoms with E-state index in [1.807, 2.05) is 0 Å². The van der Waals surface area contributed by atoms with Crippen LogP contribution in [0.2, 0.25) is 0 Å². The van der Waals surface area contributed by atoms with E-state index in [-0.39, 0.29) is 24.4 Å². The van der Waals surface area contributed by atoms with Gasteiger partial charge in [0.05, 0.1) is 12.8 Å². The van der Waals surface area contributed by atoms with Crippen molar-refractivity contribution in [3.8, 4) is 5.75 Å². The maximum Gasteiger partial charge on any atom is 0.417 e. The molecule has 3 amide bonds. The summed E-state index contributed by atoms with van der Waals surface area (Å²) in [6.07, 6.45) is -1.03. The largest absolute Gasteiger partial charge is 0.511 e. The molecule has 0 spiro atoms. The third-order valence-electron chi connectivity index (χ3n) is 3.58. The fourth-order valence-corrected chi connectivity index (χ4v) is 2.42.